The van der Waals surface area contributed by atoms with E-state index in [1.165, 1.54) is 6.07 Å². The molecule has 1 rings (SSSR count). The van der Waals surface area contributed by atoms with Crippen LogP contribution in [0.1, 0.15) is 33.0 Å². The predicted molar refractivity (Wildman–Crippen MR) is 75.4 cm³/mol. The van der Waals surface area contributed by atoms with Crippen LogP contribution >= 0.6 is 0 Å². The molecule has 0 aliphatic heterocycles. The number of nitrogens with one attached hydrogen (secondary N) is 2. The van der Waals surface area contributed by atoms with E-state index in [1.54, 1.807) is 0 Å². The first-order valence-electron chi connectivity index (χ1n) is 6.92. The van der Waals surface area contributed by atoms with Crippen LogP contribution < -0.4 is 10.6 Å². The summed E-state index contributed by atoms with van der Waals surface area (Å²) in [5.41, 5.74) is 0. The number of hydrogen-bond acceptors (Lipinski definition) is 5. The van der Waals surface area contributed by atoms with Gasteiger partial charge in [-0.3, -0.25) is 0 Å². The third-order valence-electron chi connectivity index (χ3n) is 2.56. The molecule has 0 bridgehead atoms. The van der Waals surface area contributed by atoms with Gasteiger partial charge in [-0.1, -0.05) is 6.92 Å². The molecule has 0 aliphatic carbocycles. The van der Waals surface area contributed by atoms with Crippen LogP contribution in [-0.2, 0) is 10.9 Å². The summed E-state index contributed by atoms with van der Waals surface area (Å²) >= 11 is 0. The Morgan fingerprint density at radius 1 is 1.19 bits per heavy atom. The van der Waals surface area contributed by atoms with Crippen LogP contribution in [-0.4, -0.2) is 35.8 Å². The minimum absolute atomic E-state index is 0.119. The predicted octanol–water partition coefficient (Wildman–Crippen LogP) is 3.15. The van der Waals surface area contributed by atoms with Crippen molar-refractivity contribution in [2.75, 3.05) is 30.3 Å². The zero-order valence-electron chi connectivity index (χ0n) is 12.4. The van der Waals surface area contributed by atoms with Gasteiger partial charge in [0.15, 0.2) is 0 Å². The fourth-order valence-corrected chi connectivity index (χ4v) is 1.60. The van der Waals surface area contributed by atoms with Crippen molar-refractivity contribution in [3.05, 3.63) is 11.9 Å². The average molecular weight is 306 g/mol. The van der Waals surface area contributed by atoms with Gasteiger partial charge < -0.3 is 15.4 Å². The molecule has 0 saturated heterocycles. The lowest BCUT2D eigenvalue weighted by Gasteiger charge is -2.15. The van der Waals surface area contributed by atoms with Gasteiger partial charge in [-0.25, -0.2) is 9.97 Å². The van der Waals surface area contributed by atoms with E-state index in [0.717, 1.165) is 6.42 Å². The molecule has 1 aromatic rings. The number of halogens is 3. The maximum absolute atomic E-state index is 12.8. The van der Waals surface area contributed by atoms with E-state index in [0.29, 0.717) is 19.7 Å². The summed E-state index contributed by atoms with van der Waals surface area (Å²) < 4.78 is 43.7. The maximum Gasteiger partial charge on any atom is 0.451 e. The molecule has 0 aromatic carbocycles. The SMILES string of the molecule is CCCNc1cc(NCC(C)OCC)nc(C(F)(F)F)n1. The molecule has 21 heavy (non-hydrogen) atoms. The molecule has 1 aromatic heterocycles. The number of anilines is 2. The fraction of sp³-hybridized carbons (Fsp3) is 0.692. The molecule has 0 fully saturated rings. The number of aromatic nitrogens is 2. The lowest BCUT2D eigenvalue weighted by Crippen LogP contribution is -2.22. The molecule has 120 valence electrons. The second-order valence-electron chi connectivity index (χ2n) is 4.53. The molecule has 1 atom stereocenters. The highest BCUT2D eigenvalue weighted by Crippen LogP contribution is 2.28. The van der Waals surface area contributed by atoms with E-state index < -0.39 is 12.0 Å². The van der Waals surface area contributed by atoms with E-state index in [-0.39, 0.29) is 17.7 Å². The lowest BCUT2D eigenvalue weighted by atomic mass is 10.4. The highest BCUT2D eigenvalue weighted by atomic mass is 19.4. The monoisotopic (exact) mass is 306 g/mol. The maximum atomic E-state index is 12.8. The molecule has 0 saturated carbocycles. The Labute approximate surface area is 122 Å². The molecule has 8 heteroatoms. The molecule has 0 spiro atoms. The Balaban J connectivity index is 2.85. The molecule has 2 N–H and O–H groups in total. The van der Waals surface area contributed by atoms with E-state index in [4.69, 9.17) is 4.74 Å². The Morgan fingerprint density at radius 2 is 1.81 bits per heavy atom. The van der Waals surface area contributed by atoms with Gasteiger partial charge >= 0.3 is 6.18 Å². The zero-order chi connectivity index (χ0) is 15.9. The summed E-state index contributed by atoms with van der Waals surface area (Å²) in [6.45, 7) is 7.07. The second kappa shape index (κ2) is 8.02. The Morgan fingerprint density at radius 3 is 2.33 bits per heavy atom. The fourth-order valence-electron chi connectivity index (χ4n) is 1.60. The number of alkyl halides is 3. The number of nitrogens with zero attached hydrogens (tertiary/aromatic N) is 2. The average Bonchev–Trinajstić information content (AvgIpc) is 2.42. The van der Waals surface area contributed by atoms with Gasteiger partial charge in [0.2, 0.25) is 5.82 Å². The molecule has 0 aliphatic rings. The molecule has 5 nitrogen and oxygen atoms in total. The molecule has 0 radical (unpaired) electrons. The van der Waals surface area contributed by atoms with Crippen LogP contribution in [0.5, 0.6) is 0 Å². The quantitative estimate of drug-likeness (QED) is 0.772. The summed E-state index contributed by atoms with van der Waals surface area (Å²) in [5, 5.41) is 5.68. The van der Waals surface area contributed by atoms with Gasteiger partial charge in [0.25, 0.3) is 0 Å². The van der Waals surface area contributed by atoms with Gasteiger partial charge in [0.05, 0.1) is 6.10 Å². The summed E-state index contributed by atoms with van der Waals surface area (Å²) in [6, 6.07) is 1.46. The van der Waals surface area contributed by atoms with Gasteiger partial charge in [0.1, 0.15) is 11.6 Å². The summed E-state index contributed by atoms with van der Waals surface area (Å²) in [7, 11) is 0. The smallest absolute Gasteiger partial charge is 0.377 e. The Hall–Kier alpha value is -1.57. The zero-order valence-corrected chi connectivity index (χ0v) is 12.4. The van der Waals surface area contributed by atoms with Crippen molar-refractivity contribution in [3.63, 3.8) is 0 Å². The van der Waals surface area contributed by atoms with Gasteiger partial charge in [0, 0.05) is 25.8 Å². The summed E-state index contributed by atoms with van der Waals surface area (Å²) in [4.78, 5) is 6.99. The largest absolute Gasteiger partial charge is 0.451 e. The van der Waals surface area contributed by atoms with Crippen molar-refractivity contribution >= 4 is 11.6 Å². The number of rotatable bonds is 8. The first kappa shape index (κ1) is 17.5. The number of hydrogen-bond donors (Lipinski definition) is 2. The summed E-state index contributed by atoms with van der Waals surface area (Å²) in [5.74, 6) is -0.872. The van der Waals surface area contributed by atoms with Crippen molar-refractivity contribution in [1.29, 1.82) is 0 Å². The van der Waals surface area contributed by atoms with E-state index in [9.17, 15) is 13.2 Å². The standard InChI is InChI=1S/C13H21F3N4O/c1-4-6-17-10-7-11(18-8-9(3)21-5-2)20-12(19-10)13(14,15)16/h7,9H,4-6,8H2,1-3H3,(H2,17,18,19,20). The number of ether oxygens (including phenoxy) is 1. The van der Waals surface area contributed by atoms with Gasteiger partial charge in [-0.2, -0.15) is 13.2 Å². The molecular formula is C13H21F3N4O. The van der Waals surface area contributed by atoms with E-state index in [2.05, 4.69) is 20.6 Å². The highest BCUT2D eigenvalue weighted by molar-refractivity contribution is 5.47. The van der Waals surface area contributed by atoms with Crippen molar-refractivity contribution in [2.24, 2.45) is 0 Å². The molecule has 0 amide bonds. The minimum Gasteiger partial charge on any atom is -0.377 e. The normalized spacial score (nSPS) is 13.0. The topological polar surface area (TPSA) is 59.1 Å². The molecule has 1 unspecified atom stereocenters. The first-order valence-corrected chi connectivity index (χ1v) is 6.92. The van der Waals surface area contributed by atoms with Crippen LogP contribution in [0.2, 0.25) is 0 Å². The van der Waals surface area contributed by atoms with Crippen LogP contribution in [0.4, 0.5) is 24.8 Å². The third-order valence-corrected chi connectivity index (χ3v) is 2.56. The van der Waals surface area contributed by atoms with Crippen LogP contribution in [0, 0.1) is 0 Å². The highest BCUT2D eigenvalue weighted by Gasteiger charge is 2.35. The molecular weight excluding hydrogens is 285 g/mol. The van der Waals surface area contributed by atoms with Gasteiger partial charge in [-0.15, -0.1) is 0 Å². The van der Waals surface area contributed by atoms with Crippen molar-refractivity contribution in [1.82, 2.24) is 9.97 Å². The van der Waals surface area contributed by atoms with E-state index in [1.807, 2.05) is 20.8 Å². The van der Waals surface area contributed by atoms with Crippen molar-refractivity contribution in [2.45, 2.75) is 39.5 Å². The van der Waals surface area contributed by atoms with Crippen LogP contribution in [0.15, 0.2) is 6.07 Å². The Kier molecular flexibility index (Phi) is 6.67. The van der Waals surface area contributed by atoms with Crippen LogP contribution in [0.3, 0.4) is 0 Å². The van der Waals surface area contributed by atoms with Crippen LogP contribution in [0.25, 0.3) is 0 Å². The first-order chi connectivity index (χ1) is 9.86. The van der Waals surface area contributed by atoms with Crippen molar-refractivity contribution < 1.29 is 17.9 Å². The second-order valence-corrected chi connectivity index (χ2v) is 4.53. The third kappa shape index (κ3) is 6.16. The molecule has 1 heterocycles. The summed E-state index contributed by atoms with van der Waals surface area (Å²) in [6.07, 6.45) is -3.91. The van der Waals surface area contributed by atoms with E-state index >= 15 is 0 Å². The van der Waals surface area contributed by atoms with Crippen molar-refractivity contribution in [3.8, 4) is 0 Å². The minimum atomic E-state index is -4.58. The van der Waals surface area contributed by atoms with Gasteiger partial charge in [-0.05, 0) is 20.3 Å². The lowest BCUT2D eigenvalue weighted by molar-refractivity contribution is -0.144. The Bertz CT molecular complexity index is 440.